The van der Waals surface area contributed by atoms with Gasteiger partial charge < -0.3 is 5.73 Å². The summed E-state index contributed by atoms with van der Waals surface area (Å²) in [7, 11) is 0. The second-order valence-electron chi connectivity index (χ2n) is 5.77. The molecule has 96 valence electrons. The highest BCUT2D eigenvalue weighted by atomic mass is 14.9. The van der Waals surface area contributed by atoms with Crippen LogP contribution in [0.5, 0.6) is 0 Å². The second-order valence-corrected chi connectivity index (χ2v) is 5.77. The molecule has 0 aliphatic carbocycles. The summed E-state index contributed by atoms with van der Waals surface area (Å²) in [6, 6.07) is 1.89. The summed E-state index contributed by atoms with van der Waals surface area (Å²) in [4.78, 5) is 9.00. The molecule has 0 bridgehead atoms. The molecule has 2 N–H and O–H groups in total. The largest absolute Gasteiger partial charge is 0.384 e. The van der Waals surface area contributed by atoms with Gasteiger partial charge in [-0.2, -0.15) is 0 Å². The first-order valence-electron chi connectivity index (χ1n) is 6.51. The predicted molar refractivity (Wildman–Crippen MR) is 72.9 cm³/mol. The van der Waals surface area contributed by atoms with Crippen molar-refractivity contribution in [3.63, 3.8) is 0 Å². The molecule has 0 saturated carbocycles. The Bertz CT molecular complexity index is 358. The minimum atomic E-state index is 0.379. The molecule has 1 aromatic heterocycles. The number of rotatable bonds is 5. The van der Waals surface area contributed by atoms with Gasteiger partial charge in [0.2, 0.25) is 0 Å². The van der Waals surface area contributed by atoms with Crippen LogP contribution < -0.4 is 5.73 Å². The average Bonchev–Trinajstić information content (AvgIpc) is 2.14. The van der Waals surface area contributed by atoms with Crippen LogP contribution in [0.2, 0.25) is 0 Å². The van der Waals surface area contributed by atoms with Crippen LogP contribution in [0.4, 0.5) is 5.82 Å². The van der Waals surface area contributed by atoms with Crippen LogP contribution in [-0.4, -0.2) is 9.97 Å². The van der Waals surface area contributed by atoms with Crippen molar-refractivity contribution < 1.29 is 0 Å². The second kappa shape index (κ2) is 5.99. The molecule has 0 radical (unpaired) electrons. The molecular weight excluding hydrogens is 210 g/mol. The molecular formula is C14H25N3. The third-order valence-corrected chi connectivity index (χ3v) is 2.70. The van der Waals surface area contributed by atoms with Gasteiger partial charge in [0.05, 0.1) is 0 Å². The zero-order chi connectivity index (χ0) is 13.0. The number of nitrogen functional groups attached to an aromatic ring is 1. The summed E-state index contributed by atoms with van der Waals surface area (Å²) in [6.45, 7) is 11.0. The van der Waals surface area contributed by atoms with Crippen molar-refractivity contribution in [3.05, 3.63) is 17.6 Å². The standard InChI is InChI=1S/C14H25N3/c1-9(2)6-11(5)14-16-12(7-10(3)4)8-13(15)17-14/h8-11H,6-7H2,1-5H3,(H2,15,16,17). The van der Waals surface area contributed by atoms with Gasteiger partial charge in [-0.1, -0.05) is 34.6 Å². The monoisotopic (exact) mass is 235 g/mol. The zero-order valence-electron chi connectivity index (χ0n) is 11.7. The SMILES string of the molecule is CC(C)Cc1cc(N)nc(C(C)CC(C)C)n1. The van der Waals surface area contributed by atoms with E-state index in [1.807, 2.05) is 6.07 Å². The molecule has 0 aliphatic heterocycles. The quantitative estimate of drug-likeness (QED) is 0.851. The molecule has 0 fully saturated rings. The summed E-state index contributed by atoms with van der Waals surface area (Å²) in [6.07, 6.45) is 2.07. The number of hydrogen-bond donors (Lipinski definition) is 1. The van der Waals surface area contributed by atoms with E-state index in [4.69, 9.17) is 5.73 Å². The summed E-state index contributed by atoms with van der Waals surface area (Å²) in [5.74, 6) is 3.13. The van der Waals surface area contributed by atoms with E-state index in [0.717, 1.165) is 24.4 Å². The van der Waals surface area contributed by atoms with Gasteiger partial charge in [-0.3, -0.25) is 0 Å². The third kappa shape index (κ3) is 4.72. The molecule has 0 aliphatic rings. The minimum Gasteiger partial charge on any atom is -0.384 e. The Labute approximate surface area is 105 Å². The van der Waals surface area contributed by atoms with Gasteiger partial charge in [0.15, 0.2) is 0 Å². The van der Waals surface area contributed by atoms with Crippen LogP contribution in [-0.2, 0) is 6.42 Å². The third-order valence-electron chi connectivity index (χ3n) is 2.70. The van der Waals surface area contributed by atoms with Crippen molar-refractivity contribution in [1.82, 2.24) is 9.97 Å². The van der Waals surface area contributed by atoms with Crippen LogP contribution in [0.25, 0.3) is 0 Å². The van der Waals surface area contributed by atoms with Crippen LogP contribution in [0, 0.1) is 11.8 Å². The first-order valence-corrected chi connectivity index (χ1v) is 6.51. The predicted octanol–water partition coefficient (Wildman–Crippen LogP) is 3.41. The smallest absolute Gasteiger partial charge is 0.133 e. The van der Waals surface area contributed by atoms with Crippen molar-refractivity contribution in [3.8, 4) is 0 Å². The summed E-state index contributed by atoms with van der Waals surface area (Å²) in [5, 5.41) is 0. The molecule has 1 aromatic rings. The molecule has 3 nitrogen and oxygen atoms in total. The summed E-state index contributed by atoms with van der Waals surface area (Å²) in [5.41, 5.74) is 6.92. The Kier molecular flexibility index (Phi) is 4.91. The normalized spacial score (nSPS) is 13.4. The fourth-order valence-electron chi connectivity index (χ4n) is 2.10. The van der Waals surface area contributed by atoms with Gasteiger partial charge >= 0.3 is 0 Å². The highest BCUT2D eigenvalue weighted by molar-refractivity contribution is 5.30. The van der Waals surface area contributed by atoms with E-state index in [1.165, 1.54) is 0 Å². The molecule has 3 heteroatoms. The van der Waals surface area contributed by atoms with E-state index in [0.29, 0.717) is 23.6 Å². The molecule has 0 aromatic carbocycles. The highest BCUT2D eigenvalue weighted by Crippen LogP contribution is 2.21. The van der Waals surface area contributed by atoms with E-state index in [-0.39, 0.29) is 0 Å². The molecule has 1 heterocycles. The number of nitrogens with zero attached hydrogens (tertiary/aromatic N) is 2. The van der Waals surface area contributed by atoms with Crippen molar-refractivity contribution in [2.24, 2.45) is 11.8 Å². The molecule has 0 saturated heterocycles. The van der Waals surface area contributed by atoms with Gasteiger partial charge in [-0.15, -0.1) is 0 Å². The molecule has 1 rings (SSSR count). The van der Waals surface area contributed by atoms with Gasteiger partial charge in [-0.25, -0.2) is 9.97 Å². The van der Waals surface area contributed by atoms with Crippen LogP contribution in [0.15, 0.2) is 6.07 Å². The lowest BCUT2D eigenvalue weighted by Crippen LogP contribution is -2.09. The fraction of sp³-hybridized carbons (Fsp3) is 0.714. The Morgan fingerprint density at radius 3 is 2.24 bits per heavy atom. The van der Waals surface area contributed by atoms with E-state index in [9.17, 15) is 0 Å². The maximum Gasteiger partial charge on any atom is 0.133 e. The van der Waals surface area contributed by atoms with Crippen molar-refractivity contribution in [1.29, 1.82) is 0 Å². The lowest BCUT2D eigenvalue weighted by atomic mass is 9.98. The fourth-order valence-corrected chi connectivity index (χ4v) is 2.10. The first-order chi connectivity index (χ1) is 7.88. The number of anilines is 1. The van der Waals surface area contributed by atoms with Gasteiger partial charge in [0.1, 0.15) is 11.6 Å². The number of nitrogens with two attached hydrogens (primary N) is 1. The lowest BCUT2D eigenvalue weighted by Gasteiger charge is -2.14. The van der Waals surface area contributed by atoms with Crippen molar-refractivity contribution >= 4 is 5.82 Å². The van der Waals surface area contributed by atoms with E-state index in [1.54, 1.807) is 0 Å². The zero-order valence-corrected chi connectivity index (χ0v) is 11.7. The molecule has 0 amide bonds. The number of hydrogen-bond acceptors (Lipinski definition) is 3. The molecule has 0 spiro atoms. The Morgan fingerprint density at radius 1 is 1.06 bits per heavy atom. The van der Waals surface area contributed by atoms with Crippen LogP contribution in [0.3, 0.4) is 0 Å². The van der Waals surface area contributed by atoms with Crippen molar-refractivity contribution in [2.75, 3.05) is 5.73 Å². The minimum absolute atomic E-state index is 0.379. The first kappa shape index (κ1) is 13.9. The lowest BCUT2D eigenvalue weighted by molar-refractivity contribution is 0.504. The van der Waals surface area contributed by atoms with Gasteiger partial charge in [0, 0.05) is 17.7 Å². The summed E-state index contributed by atoms with van der Waals surface area (Å²) < 4.78 is 0. The maximum absolute atomic E-state index is 5.85. The Morgan fingerprint density at radius 2 is 1.71 bits per heavy atom. The Hall–Kier alpha value is -1.12. The molecule has 1 atom stereocenters. The highest BCUT2D eigenvalue weighted by Gasteiger charge is 2.13. The Balaban J connectivity index is 2.88. The number of aromatic nitrogens is 2. The van der Waals surface area contributed by atoms with Crippen LogP contribution >= 0.6 is 0 Å². The van der Waals surface area contributed by atoms with E-state index < -0.39 is 0 Å². The van der Waals surface area contributed by atoms with Crippen LogP contribution in [0.1, 0.15) is 58.5 Å². The van der Waals surface area contributed by atoms with E-state index >= 15 is 0 Å². The van der Waals surface area contributed by atoms with E-state index in [2.05, 4.69) is 44.6 Å². The average molecular weight is 235 g/mol. The maximum atomic E-state index is 5.85. The topological polar surface area (TPSA) is 51.8 Å². The van der Waals surface area contributed by atoms with Gasteiger partial charge in [-0.05, 0) is 24.7 Å². The van der Waals surface area contributed by atoms with Gasteiger partial charge in [0.25, 0.3) is 0 Å². The van der Waals surface area contributed by atoms with Crippen molar-refractivity contribution in [2.45, 2.75) is 53.4 Å². The molecule has 17 heavy (non-hydrogen) atoms. The molecule has 1 unspecified atom stereocenters. The summed E-state index contributed by atoms with van der Waals surface area (Å²) >= 11 is 0.